The molecule has 1 atom stereocenters. The Labute approximate surface area is 106 Å². The van der Waals surface area contributed by atoms with Gasteiger partial charge in [-0.1, -0.05) is 11.6 Å². The molecule has 7 heteroatoms. The molecule has 3 heterocycles. The summed E-state index contributed by atoms with van der Waals surface area (Å²) >= 11 is 5.81. The molecule has 0 aromatic carbocycles. The van der Waals surface area contributed by atoms with Gasteiger partial charge in [0.2, 0.25) is 0 Å². The van der Waals surface area contributed by atoms with E-state index in [1.165, 1.54) is 17.2 Å². The van der Waals surface area contributed by atoms with Gasteiger partial charge < -0.3 is 9.64 Å². The number of carbonyl (C=O) groups excluding carboxylic acids is 1. The first-order valence-electron chi connectivity index (χ1n) is 5.44. The average Bonchev–Trinajstić information content (AvgIpc) is 2.36. The largest absolute Gasteiger partial charge is 0.377 e. The van der Waals surface area contributed by atoms with Gasteiger partial charge in [-0.25, -0.2) is 4.98 Å². The predicted octanol–water partition coefficient (Wildman–Crippen LogP) is 1.77. The molecular weight excluding hydrogens is 266 g/mol. The van der Waals surface area contributed by atoms with Gasteiger partial charge in [0.1, 0.15) is 11.7 Å². The van der Waals surface area contributed by atoms with Gasteiger partial charge in [-0.2, -0.15) is 8.78 Å². The molecule has 2 aliphatic rings. The van der Waals surface area contributed by atoms with E-state index in [1.807, 2.05) is 0 Å². The van der Waals surface area contributed by atoms with Crippen molar-refractivity contribution in [2.24, 2.45) is 0 Å². The minimum Gasteiger partial charge on any atom is -0.377 e. The van der Waals surface area contributed by atoms with Gasteiger partial charge in [-0.3, -0.25) is 4.79 Å². The van der Waals surface area contributed by atoms with E-state index in [0.29, 0.717) is 23.9 Å². The van der Waals surface area contributed by atoms with Gasteiger partial charge in [0.25, 0.3) is 5.78 Å². The molecule has 1 unspecified atom stereocenters. The third kappa shape index (κ3) is 1.52. The Morgan fingerprint density at radius 1 is 1.56 bits per heavy atom. The maximum Gasteiger partial charge on any atom is 0.333 e. The number of nitrogens with zero attached hydrogens (tertiary/aromatic N) is 2. The number of hydrogen-bond acceptors (Lipinski definition) is 4. The van der Waals surface area contributed by atoms with Crippen LogP contribution in [0, 0.1) is 0 Å². The first-order valence-corrected chi connectivity index (χ1v) is 5.82. The van der Waals surface area contributed by atoms with Crippen LogP contribution in [0.5, 0.6) is 0 Å². The van der Waals surface area contributed by atoms with E-state index >= 15 is 0 Å². The summed E-state index contributed by atoms with van der Waals surface area (Å²) in [6.45, 7) is 0.458. The zero-order chi connectivity index (χ0) is 12.9. The van der Waals surface area contributed by atoms with E-state index in [2.05, 4.69) is 4.98 Å². The molecule has 0 saturated carbocycles. The van der Waals surface area contributed by atoms with Gasteiger partial charge in [0.15, 0.2) is 0 Å². The van der Waals surface area contributed by atoms with Crippen LogP contribution in [0.1, 0.15) is 10.5 Å². The van der Waals surface area contributed by atoms with Crippen molar-refractivity contribution >= 4 is 23.1 Å². The monoisotopic (exact) mass is 274 g/mol. The number of carbonyl (C=O) groups is 1. The summed E-state index contributed by atoms with van der Waals surface area (Å²) in [6, 6.07) is 0.224. The van der Waals surface area contributed by atoms with Crippen LogP contribution in [-0.2, 0) is 4.74 Å². The third-order valence-electron chi connectivity index (χ3n) is 3.21. The van der Waals surface area contributed by atoms with E-state index in [-0.39, 0.29) is 12.3 Å². The number of anilines is 1. The quantitative estimate of drug-likeness (QED) is 0.723. The number of Topliss-reactive ketones (excluding diaryl/α,β-unsaturated/α-hetero) is 1. The summed E-state index contributed by atoms with van der Waals surface area (Å²) in [6.07, 6.45) is 1.20. The number of alkyl halides is 2. The summed E-state index contributed by atoms with van der Waals surface area (Å²) in [5.74, 6) is -4.74. The van der Waals surface area contributed by atoms with E-state index in [1.54, 1.807) is 0 Å². The summed E-state index contributed by atoms with van der Waals surface area (Å²) in [5, 5.41) is 0.317. The highest BCUT2D eigenvalue weighted by Gasteiger charge is 2.56. The van der Waals surface area contributed by atoms with Crippen molar-refractivity contribution in [3.8, 4) is 0 Å². The smallest absolute Gasteiger partial charge is 0.333 e. The number of fused-ring (bicyclic) bond motifs is 3. The highest BCUT2D eigenvalue weighted by molar-refractivity contribution is 6.31. The van der Waals surface area contributed by atoms with Crippen LogP contribution in [0.3, 0.4) is 0 Å². The molecule has 1 aromatic heterocycles. The number of aromatic nitrogens is 1. The van der Waals surface area contributed by atoms with Gasteiger partial charge in [-0.05, 0) is 6.07 Å². The fraction of sp³-hybridized carbons (Fsp3) is 0.455. The van der Waals surface area contributed by atoms with Crippen LogP contribution < -0.4 is 4.90 Å². The van der Waals surface area contributed by atoms with Crippen LogP contribution in [0.25, 0.3) is 0 Å². The maximum absolute atomic E-state index is 14.0. The van der Waals surface area contributed by atoms with Crippen molar-refractivity contribution in [3.05, 3.63) is 23.0 Å². The maximum atomic E-state index is 14.0. The minimum absolute atomic E-state index is 0.176. The Balaban J connectivity index is 2.18. The average molecular weight is 275 g/mol. The van der Waals surface area contributed by atoms with Crippen molar-refractivity contribution in [2.75, 3.05) is 24.7 Å². The van der Waals surface area contributed by atoms with E-state index in [0.717, 1.165) is 0 Å². The van der Waals surface area contributed by atoms with Crippen molar-refractivity contribution in [1.29, 1.82) is 0 Å². The first kappa shape index (κ1) is 11.8. The van der Waals surface area contributed by atoms with Crippen molar-refractivity contribution in [1.82, 2.24) is 4.98 Å². The van der Waals surface area contributed by atoms with E-state index in [9.17, 15) is 13.6 Å². The van der Waals surface area contributed by atoms with Crippen LogP contribution >= 0.6 is 11.6 Å². The van der Waals surface area contributed by atoms with Crippen LogP contribution in [0.4, 0.5) is 14.5 Å². The number of rotatable bonds is 0. The van der Waals surface area contributed by atoms with Gasteiger partial charge in [-0.15, -0.1) is 0 Å². The summed E-state index contributed by atoms with van der Waals surface area (Å²) in [5.41, 5.74) is 0.147. The molecule has 1 fully saturated rings. The van der Waals surface area contributed by atoms with Crippen molar-refractivity contribution < 1.29 is 18.3 Å². The topological polar surface area (TPSA) is 42.4 Å². The Kier molecular flexibility index (Phi) is 2.53. The molecule has 0 aliphatic carbocycles. The molecule has 0 radical (unpaired) electrons. The Hall–Kier alpha value is -1.27. The lowest BCUT2D eigenvalue weighted by molar-refractivity contribution is -0.0474. The Morgan fingerprint density at radius 3 is 3.11 bits per heavy atom. The fourth-order valence-electron chi connectivity index (χ4n) is 2.32. The number of hydrogen-bond donors (Lipinski definition) is 0. The van der Waals surface area contributed by atoms with Crippen molar-refractivity contribution in [2.45, 2.75) is 12.0 Å². The minimum atomic E-state index is -3.48. The second kappa shape index (κ2) is 3.86. The molecule has 0 spiro atoms. The Bertz CT molecular complexity index is 524. The van der Waals surface area contributed by atoms with Crippen LogP contribution in [0.15, 0.2) is 12.3 Å². The molecule has 3 rings (SSSR count). The molecule has 4 nitrogen and oxygen atoms in total. The second-order valence-corrected chi connectivity index (χ2v) is 4.69. The zero-order valence-electron chi connectivity index (χ0n) is 9.20. The summed E-state index contributed by atoms with van der Waals surface area (Å²) in [7, 11) is 0. The lowest BCUT2D eigenvalue weighted by Crippen LogP contribution is -2.61. The molecule has 1 aromatic rings. The summed E-state index contributed by atoms with van der Waals surface area (Å²) < 4.78 is 33.0. The lowest BCUT2D eigenvalue weighted by atomic mass is 9.94. The highest BCUT2D eigenvalue weighted by Crippen LogP contribution is 2.40. The number of halogens is 3. The number of morpholine rings is 1. The van der Waals surface area contributed by atoms with Crippen LogP contribution in [-0.4, -0.2) is 42.5 Å². The lowest BCUT2D eigenvalue weighted by Gasteiger charge is -2.44. The second-order valence-electron chi connectivity index (χ2n) is 4.26. The van der Waals surface area contributed by atoms with E-state index < -0.39 is 17.7 Å². The normalized spacial score (nSPS) is 25.6. The SMILES string of the molecule is O=C1c2ncc(Cl)cc2N2CCOCC2C1(F)F. The molecule has 18 heavy (non-hydrogen) atoms. The van der Waals surface area contributed by atoms with Gasteiger partial charge >= 0.3 is 5.92 Å². The van der Waals surface area contributed by atoms with Crippen LogP contribution in [0.2, 0.25) is 5.02 Å². The molecule has 0 bridgehead atoms. The molecule has 96 valence electrons. The predicted molar refractivity (Wildman–Crippen MR) is 60.5 cm³/mol. The number of pyridine rings is 1. The molecule has 0 N–H and O–H groups in total. The fourth-order valence-corrected chi connectivity index (χ4v) is 2.48. The zero-order valence-corrected chi connectivity index (χ0v) is 9.95. The summed E-state index contributed by atoms with van der Waals surface area (Å²) in [4.78, 5) is 17.0. The highest BCUT2D eigenvalue weighted by atomic mass is 35.5. The van der Waals surface area contributed by atoms with E-state index in [4.69, 9.17) is 16.3 Å². The van der Waals surface area contributed by atoms with Crippen molar-refractivity contribution in [3.63, 3.8) is 0 Å². The standard InChI is InChI=1S/C11H9ClF2N2O2/c12-6-3-7-9(15-4-6)10(17)11(13,14)8-5-18-2-1-16(7)8/h3-4,8H,1-2,5H2. The Morgan fingerprint density at radius 2 is 2.33 bits per heavy atom. The number of ketones is 1. The molecular formula is C11H9ClF2N2O2. The molecule has 1 saturated heterocycles. The van der Waals surface area contributed by atoms with Gasteiger partial charge in [0, 0.05) is 12.7 Å². The van der Waals surface area contributed by atoms with Gasteiger partial charge in [0.05, 0.1) is 23.9 Å². The first-order chi connectivity index (χ1) is 8.51. The molecule has 2 aliphatic heterocycles. The number of ether oxygens (including phenoxy) is 1. The third-order valence-corrected chi connectivity index (χ3v) is 3.42. The molecule has 0 amide bonds.